The molecular formula is C29H31N3O3. The minimum absolute atomic E-state index is 0.0912. The highest BCUT2D eigenvalue weighted by Crippen LogP contribution is 2.42. The highest BCUT2D eigenvalue weighted by atomic mass is 16.3. The molecule has 1 N–H and O–H groups in total. The molecule has 6 nitrogen and oxygen atoms in total. The minimum Gasteiger partial charge on any atom is -0.507 e. The largest absolute Gasteiger partial charge is 0.507 e. The summed E-state index contributed by atoms with van der Waals surface area (Å²) in [5.41, 5.74) is 5.05. The van der Waals surface area contributed by atoms with Crippen LogP contribution in [-0.2, 0) is 16.0 Å². The van der Waals surface area contributed by atoms with Crippen molar-refractivity contribution in [3.63, 3.8) is 0 Å². The molecule has 3 aromatic rings. The third-order valence-corrected chi connectivity index (χ3v) is 6.45. The van der Waals surface area contributed by atoms with E-state index in [1.807, 2.05) is 98.7 Å². The number of anilines is 3. The molecular weight excluding hydrogens is 438 g/mol. The standard InChI is InChI=1S/C29H31N3O3/c1-6-19-7-9-21(10-8-19)27(33)25-26(20-11-13-22(14-12-20)30(2)3)32(29(35)28(25)34)24-17-15-23(16-18-24)31(4)5/h7-18,26,33H,6H2,1-5H3/b27-25-. The first-order valence-electron chi connectivity index (χ1n) is 11.7. The topological polar surface area (TPSA) is 64.1 Å². The number of rotatable bonds is 6. The zero-order valence-corrected chi connectivity index (χ0v) is 20.8. The third-order valence-electron chi connectivity index (χ3n) is 6.45. The van der Waals surface area contributed by atoms with Crippen molar-refractivity contribution in [3.05, 3.63) is 95.1 Å². The Kier molecular flexibility index (Phi) is 6.65. The van der Waals surface area contributed by atoms with Gasteiger partial charge in [-0.25, -0.2) is 0 Å². The monoisotopic (exact) mass is 469 g/mol. The van der Waals surface area contributed by atoms with Gasteiger partial charge in [-0.2, -0.15) is 0 Å². The van der Waals surface area contributed by atoms with Crippen molar-refractivity contribution >= 4 is 34.5 Å². The van der Waals surface area contributed by atoms with Crippen LogP contribution in [0.25, 0.3) is 5.76 Å². The first-order chi connectivity index (χ1) is 16.7. The van der Waals surface area contributed by atoms with E-state index >= 15 is 0 Å². The van der Waals surface area contributed by atoms with Gasteiger partial charge in [0.2, 0.25) is 0 Å². The lowest BCUT2D eigenvalue weighted by molar-refractivity contribution is -0.132. The van der Waals surface area contributed by atoms with Gasteiger partial charge >= 0.3 is 0 Å². The maximum atomic E-state index is 13.3. The van der Waals surface area contributed by atoms with E-state index in [-0.39, 0.29) is 11.3 Å². The number of aryl methyl sites for hydroxylation is 1. The molecule has 1 unspecified atom stereocenters. The fourth-order valence-corrected chi connectivity index (χ4v) is 4.33. The number of ketones is 1. The van der Waals surface area contributed by atoms with Crippen LogP contribution in [0.1, 0.15) is 29.7 Å². The van der Waals surface area contributed by atoms with Gasteiger partial charge in [-0.3, -0.25) is 14.5 Å². The Morgan fingerprint density at radius 1 is 0.800 bits per heavy atom. The molecule has 0 saturated carbocycles. The molecule has 35 heavy (non-hydrogen) atoms. The maximum absolute atomic E-state index is 13.3. The Hall–Kier alpha value is -4.06. The minimum atomic E-state index is -0.748. The molecule has 4 rings (SSSR count). The van der Waals surface area contributed by atoms with Crippen molar-refractivity contribution in [2.45, 2.75) is 19.4 Å². The number of amides is 1. The Morgan fingerprint density at radius 2 is 1.31 bits per heavy atom. The summed E-state index contributed by atoms with van der Waals surface area (Å²) < 4.78 is 0. The number of nitrogens with zero attached hydrogens (tertiary/aromatic N) is 3. The fraction of sp³-hybridized carbons (Fsp3) is 0.241. The van der Waals surface area contributed by atoms with E-state index < -0.39 is 17.7 Å². The number of Topliss-reactive ketones (excluding diaryl/α,β-unsaturated/α-hetero) is 1. The van der Waals surface area contributed by atoms with Crippen LogP contribution in [0.2, 0.25) is 0 Å². The molecule has 1 atom stereocenters. The second kappa shape index (κ2) is 9.66. The molecule has 1 amide bonds. The van der Waals surface area contributed by atoms with Crippen LogP contribution >= 0.6 is 0 Å². The van der Waals surface area contributed by atoms with Crippen LogP contribution in [0.5, 0.6) is 0 Å². The van der Waals surface area contributed by atoms with Crippen LogP contribution in [0.4, 0.5) is 17.1 Å². The maximum Gasteiger partial charge on any atom is 0.300 e. The number of carbonyl (C=O) groups excluding carboxylic acids is 2. The van der Waals surface area contributed by atoms with Crippen molar-refractivity contribution in [3.8, 4) is 0 Å². The van der Waals surface area contributed by atoms with E-state index in [0.717, 1.165) is 28.9 Å². The van der Waals surface area contributed by atoms with Gasteiger partial charge in [0.05, 0.1) is 11.6 Å². The summed E-state index contributed by atoms with van der Waals surface area (Å²) in [5, 5.41) is 11.3. The summed E-state index contributed by atoms with van der Waals surface area (Å²) in [5.74, 6) is -1.52. The van der Waals surface area contributed by atoms with Crippen LogP contribution in [0.15, 0.2) is 78.4 Å². The quantitative estimate of drug-likeness (QED) is 0.312. The van der Waals surface area contributed by atoms with Gasteiger partial charge in [-0.05, 0) is 53.9 Å². The van der Waals surface area contributed by atoms with Crippen molar-refractivity contribution in [1.29, 1.82) is 0 Å². The van der Waals surface area contributed by atoms with E-state index in [2.05, 4.69) is 6.92 Å². The summed E-state index contributed by atoms with van der Waals surface area (Å²) in [6.07, 6.45) is 0.868. The lowest BCUT2D eigenvalue weighted by Crippen LogP contribution is -2.29. The molecule has 0 radical (unpaired) electrons. The zero-order valence-electron chi connectivity index (χ0n) is 20.8. The molecule has 3 aromatic carbocycles. The number of hydrogen-bond donors (Lipinski definition) is 1. The average Bonchev–Trinajstić information content (AvgIpc) is 3.14. The Balaban J connectivity index is 1.88. The molecule has 0 spiro atoms. The van der Waals surface area contributed by atoms with Gasteiger partial charge in [-0.15, -0.1) is 0 Å². The van der Waals surface area contributed by atoms with Gasteiger partial charge in [0, 0.05) is 50.8 Å². The fourth-order valence-electron chi connectivity index (χ4n) is 4.33. The summed E-state index contributed by atoms with van der Waals surface area (Å²) in [6, 6.07) is 21.9. The second-order valence-corrected chi connectivity index (χ2v) is 9.12. The van der Waals surface area contributed by atoms with Crippen molar-refractivity contribution in [1.82, 2.24) is 0 Å². The first kappa shape index (κ1) is 24.1. The van der Waals surface area contributed by atoms with Gasteiger partial charge in [-0.1, -0.05) is 43.3 Å². The highest BCUT2D eigenvalue weighted by Gasteiger charge is 2.47. The molecule has 1 aliphatic rings. The van der Waals surface area contributed by atoms with Crippen LogP contribution in [0.3, 0.4) is 0 Å². The molecule has 0 aromatic heterocycles. The SMILES string of the molecule is CCc1ccc(/C(O)=C2/C(=O)C(=O)N(c3ccc(N(C)C)cc3)C2c2ccc(N(C)C)cc2)cc1. The lowest BCUT2D eigenvalue weighted by Gasteiger charge is -2.26. The molecule has 0 aliphatic carbocycles. The average molecular weight is 470 g/mol. The first-order valence-corrected chi connectivity index (χ1v) is 11.7. The van der Waals surface area contributed by atoms with Crippen molar-refractivity contribution < 1.29 is 14.7 Å². The summed E-state index contributed by atoms with van der Waals surface area (Å²) >= 11 is 0. The predicted octanol–water partition coefficient (Wildman–Crippen LogP) is 5.01. The molecule has 0 bridgehead atoms. The molecule has 6 heteroatoms. The van der Waals surface area contributed by atoms with Gasteiger partial charge in [0.1, 0.15) is 5.76 Å². The van der Waals surface area contributed by atoms with Crippen LogP contribution in [0, 0.1) is 0 Å². The van der Waals surface area contributed by atoms with Crippen LogP contribution in [-0.4, -0.2) is 45.0 Å². The predicted molar refractivity (Wildman–Crippen MR) is 142 cm³/mol. The number of benzene rings is 3. The molecule has 1 saturated heterocycles. The third kappa shape index (κ3) is 4.52. The van der Waals surface area contributed by atoms with Gasteiger partial charge in [0.25, 0.3) is 11.7 Å². The number of carbonyl (C=O) groups is 2. The summed E-state index contributed by atoms with van der Waals surface area (Å²) in [6.45, 7) is 2.05. The normalized spacial score (nSPS) is 17.1. The Bertz CT molecular complexity index is 1260. The molecule has 180 valence electrons. The van der Waals surface area contributed by atoms with Crippen LogP contribution < -0.4 is 14.7 Å². The van der Waals surface area contributed by atoms with E-state index in [1.54, 1.807) is 12.1 Å². The Labute approximate surface area is 206 Å². The molecule has 1 heterocycles. The Morgan fingerprint density at radius 3 is 1.80 bits per heavy atom. The summed E-state index contributed by atoms with van der Waals surface area (Å²) in [4.78, 5) is 32.1. The number of aliphatic hydroxyl groups is 1. The zero-order chi connectivity index (χ0) is 25.3. The molecule has 1 aliphatic heterocycles. The number of aliphatic hydroxyl groups excluding tert-OH is 1. The van der Waals surface area contributed by atoms with Crippen molar-refractivity contribution in [2.75, 3.05) is 42.9 Å². The molecule has 1 fully saturated rings. The van der Waals surface area contributed by atoms with Crippen molar-refractivity contribution in [2.24, 2.45) is 0 Å². The number of hydrogen-bond acceptors (Lipinski definition) is 5. The second-order valence-electron chi connectivity index (χ2n) is 9.12. The smallest absolute Gasteiger partial charge is 0.300 e. The van der Waals surface area contributed by atoms with Gasteiger partial charge < -0.3 is 14.9 Å². The highest BCUT2D eigenvalue weighted by molar-refractivity contribution is 6.51. The summed E-state index contributed by atoms with van der Waals surface area (Å²) in [7, 11) is 7.79. The lowest BCUT2D eigenvalue weighted by atomic mass is 9.94. The van der Waals surface area contributed by atoms with E-state index in [4.69, 9.17) is 0 Å². The van der Waals surface area contributed by atoms with Gasteiger partial charge in [0.15, 0.2) is 0 Å². The van der Waals surface area contributed by atoms with E-state index in [0.29, 0.717) is 11.3 Å². The van der Waals surface area contributed by atoms with E-state index in [1.165, 1.54) is 4.90 Å². The van der Waals surface area contributed by atoms with E-state index in [9.17, 15) is 14.7 Å².